The normalized spacial score (nSPS) is 42.4. The molecule has 0 heterocycles. The number of rotatable bonds is 19. The van der Waals surface area contributed by atoms with Crippen LogP contribution in [0.4, 0.5) is 0 Å². The van der Waals surface area contributed by atoms with Gasteiger partial charge in [0, 0.05) is 25.7 Å². The summed E-state index contributed by atoms with van der Waals surface area (Å²) in [6, 6.07) is 0. The van der Waals surface area contributed by atoms with Crippen molar-refractivity contribution in [2.45, 2.75) is 350 Å². The molecule has 16 aliphatic rings. The van der Waals surface area contributed by atoms with Crippen molar-refractivity contribution >= 4 is 41.0 Å². The number of esters is 1. The molecule has 117 heavy (non-hydrogen) atoms. The van der Waals surface area contributed by atoms with Gasteiger partial charge in [0.05, 0.1) is 12.5 Å². The van der Waals surface area contributed by atoms with Gasteiger partial charge >= 0.3 is 17.9 Å². The second kappa shape index (κ2) is 34.6. The van der Waals surface area contributed by atoms with E-state index < -0.39 is 17.9 Å². The number of ether oxygens (including phenoxy) is 1. The number of carboxylic acids is 2. The van der Waals surface area contributed by atoms with Crippen molar-refractivity contribution in [3.05, 3.63) is 93.2 Å². The fourth-order valence-electron chi connectivity index (χ4n) is 33.0. The summed E-state index contributed by atoms with van der Waals surface area (Å²) in [7, 11) is 0. The van der Waals surface area contributed by atoms with E-state index in [1.54, 1.807) is 0 Å². The van der Waals surface area contributed by atoms with E-state index in [9.17, 15) is 43.8 Å². The van der Waals surface area contributed by atoms with Crippen LogP contribution in [0, 0.1) is 174 Å². The smallest absolute Gasteiger partial charge is 0.317 e. The molecule has 648 valence electrons. The number of ketones is 4. The first-order valence-electron chi connectivity index (χ1n) is 48.8. The number of hydrogen-bond acceptors (Lipinski definition) is 8. The van der Waals surface area contributed by atoms with E-state index in [1.807, 2.05) is 38.2 Å². The summed E-state index contributed by atoms with van der Waals surface area (Å²) in [6.07, 6.45) is 55.5. The van der Waals surface area contributed by atoms with E-state index in [4.69, 9.17) is 4.74 Å². The Bertz CT molecular complexity index is 4040. The highest BCUT2D eigenvalue weighted by Gasteiger charge is 2.65. The maximum atomic E-state index is 12.3. The molecular formula is C107H160O10. The summed E-state index contributed by atoms with van der Waals surface area (Å²) < 4.78 is 5.29. The molecule has 8 saturated carbocycles. The molecule has 0 bridgehead atoms. The van der Waals surface area contributed by atoms with Crippen LogP contribution in [0.2, 0.25) is 0 Å². The van der Waals surface area contributed by atoms with E-state index in [0.717, 1.165) is 161 Å². The number of carbonyl (C=O) groups is 7. The number of hydrogen-bond donors (Lipinski definition) is 2. The molecule has 16 aliphatic carbocycles. The lowest BCUT2D eigenvalue weighted by atomic mass is 9.47. The standard InChI is InChI=1S/C29H44O3.C27H38O5.C26H40O.C25H38O/c1-7-20-16-22-24-10-9-23(18(3)15-19(4)27(31)32-8-2)28(24,5)14-12-25(22)29(6)13-11-21(30)17-26(20)29;1-5-16-13-18-21-7-6-20(15(2)12-19(24(29)30)25(31)32)26(21,3)11-9-22(18)27(4)10-8-17(28)14-23(16)27;1-6-8-17(3)21-9-10-22-20-15-18(7-2)24-16-19(27)11-13-26(24,5)23(20)12-14-25(21,22)4;1-6-16(3)20-8-9-21-19-14-17(7-2)23-15-18(26)10-12-25(23,5)22(19)11-13-24(20,21)4/h16-19,22-25H,7-15H2,1-6H3;13-15,18-22H,5-12H2,1-4H3,(H,29,30)(H,31,32);15-17,20-23H,6-14H2,1-5H3;14-16,19-22H,6-13H2,1-5H3/t18-,19?,22?,23?,24?,25?,28-,29-;15-,18?,20?,21?,22?,26-,27-;17-,20?,21?,22?,23?,25-,26-;16-,19?,20?,21?,22?,24-,25-/m1111/s1. The summed E-state index contributed by atoms with van der Waals surface area (Å²) in [5.41, 5.74) is 13.5. The van der Waals surface area contributed by atoms with Gasteiger partial charge in [0.1, 0.15) is 0 Å². The summed E-state index contributed by atoms with van der Waals surface area (Å²) in [5.74, 6) is 11.0. The molecule has 0 radical (unpaired) electrons. The predicted octanol–water partition coefficient (Wildman–Crippen LogP) is 26.3. The third-order valence-corrected chi connectivity index (χ3v) is 39.4. The van der Waals surface area contributed by atoms with Crippen molar-refractivity contribution in [1.29, 1.82) is 0 Å². The fraction of sp³-hybridized carbons (Fsp3) is 0.785. The van der Waals surface area contributed by atoms with Crippen molar-refractivity contribution in [3.63, 3.8) is 0 Å². The van der Waals surface area contributed by atoms with Gasteiger partial charge in [-0.05, 0) is 404 Å². The van der Waals surface area contributed by atoms with Crippen molar-refractivity contribution < 1.29 is 48.5 Å². The van der Waals surface area contributed by atoms with Crippen LogP contribution in [0.3, 0.4) is 0 Å². The Labute approximate surface area is 709 Å². The maximum absolute atomic E-state index is 12.3. The van der Waals surface area contributed by atoms with Crippen LogP contribution >= 0.6 is 0 Å². The first-order chi connectivity index (χ1) is 55.4. The molecule has 10 nitrogen and oxygen atoms in total. The Kier molecular flexibility index (Phi) is 26.6. The Balaban J connectivity index is 0.000000136. The molecule has 0 amide bonds. The first kappa shape index (κ1) is 89.8. The summed E-state index contributed by atoms with van der Waals surface area (Å²) in [5, 5.41) is 18.8. The summed E-state index contributed by atoms with van der Waals surface area (Å²) >= 11 is 0. The van der Waals surface area contributed by atoms with E-state index in [2.05, 4.69) is 149 Å². The third kappa shape index (κ3) is 15.6. The molecule has 8 fully saturated rings. The van der Waals surface area contributed by atoms with Crippen molar-refractivity contribution in [2.75, 3.05) is 6.61 Å². The number of allylic oxidation sites excluding steroid dienone is 16. The SMILES string of the molecule is CCC1=CC2C3CCC([C@H](C)CC(C(=O)O)C(=O)O)[C@@]3(C)CCC2[C@@]2(C)CCC(=O)C=C12.CCC1=CC2C3CCC([C@H](C)CC)[C@@]3(C)CCC2[C@@]2(C)CCC(=O)C=C12.CCC[C@@H](C)C1CCC2C3C=C(CC)C4=CC(=O)CC[C@]4(C)C3CC[C@@]21C.CCOC(=O)C(C)C[C@@H](C)C1CCC2C3C=C(CC)C4=CC(=O)CC[C@]4(C)C3CC[C@@]21C. The number of aliphatic carboxylic acids is 2. The number of carbonyl (C=O) groups excluding carboxylic acids is 5. The van der Waals surface area contributed by atoms with Crippen molar-refractivity contribution in [3.8, 4) is 0 Å². The highest BCUT2D eigenvalue weighted by molar-refractivity contribution is 5.95. The average molecular weight is 1610 g/mol. The minimum atomic E-state index is -1.32. The van der Waals surface area contributed by atoms with E-state index in [1.165, 1.54) is 141 Å². The lowest BCUT2D eigenvalue weighted by Gasteiger charge is -2.57. The Morgan fingerprint density at radius 2 is 0.641 bits per heavy atom. The second-order valence-electron chi connectivity index (χ2n) is 44.5. The lowest BCUT2D eigenvalue weighted by Crippen LogP contribution is -2.50. The van der Waals surface area contributed by atoms with Crippen LogP contribution < -0.4 is 0 Å². The predicted molar refractivity (Wildman–Crippen MR) is 473 cm³/mol. The Morgan fingerprint density at radius 1 is 0.368 bits per heavy atom. The Morgan fingerprint density at radius 3 is 0.897 bits per heavy atom. The van der Waals surface area contributed by atoms with Gasteiger partial charge in [0.25, 0.3) is 0 Å². The van der Waals surface area contributed by atoms with Crippen LogP contribution in [0.25, 0.3) is 0 Å². The van der Waals surface area contributed by atoms with E-state index in [-0.39, 0.29) is 57.1 Å². The van der Waals surface area contributed by atoms with Gasteiger partial charge in [-0.3, -0.25) is 33.6 Å². The van der Waals surface area contributed by atoms with Crippen LogP contribution in [0.1, 0.15) is 350 Å². The zero-order valence-corrected chi connectivity index (χ0v) is 77.0. The molecule has 2 N–H and O–H groups in total. The van der Waals surface area contributed by atoms with Crippen LogP contribution in [-0.4, -0.2) is 57.9 Å². The largest absolute Gasteiger partial charge is 0.481 e. The molecular weight excluding hydrogens is 1450 g/mol. The van der Waals surface area contributed by atoms with Gasteiger partial charge in [0.15, 0.2) is 29.1 Å². The quantitative estimate of drug-likeness (QED) is 0.0938. The molecule has 0 saturated heterocycles. The van der Waals surface area contributed by atoms with E-state index >= 15 is 0 Å². The molecule has 0 spiro atoms. The molecule has 0 aromatic heterocycles. The molecule has 0 aromatic rings. The van der Waals surface area contributed by atoms with Gasteiger partial charge in [0.2, 0.25) is 0 Å². The van der Waals surface area contributed by atoms with Crippen LogP contribution in [0.5, 0.6) is 0 Å². The molecule has 17 unspecified atom stereocenters. The number of fused-ring (bicyclic) bond motifs is 20. The fourth-order valence-corrected chi connectivity index (χ4v) is 33.0. The minimum absolute atomic E-state index is 0.0170. The summed E-state index contributed by atoms with van der Waals surface area (Å²) in [4.78, 5) is 84.1. The summed E-state index contributed by atoms with van der Waals surface area (Å²) in [6.45, 7) is 47.7. The van der Waals surface area contributed by atoms with Crippen molar-refractivity contribution in [1.82, 2.24) is 0 Å². The van der Waals surface area contributed by atoms with Gasteiger partial charge in [-0.25, -0.2) is 0 Å². The lowest BCUT2D eigenvalue weighted by molar-refractivity contribution is -0.156. The zero-order chi connectivity index (χ0) is 84.8. The maximum Gasteiger partial charge on any atom is 0.317 e. The van der Waals surface area contributed by atoms with E-state index in [0.29, 0.717) is 100 Å². The zero-order valence-electron chi connectivity index (χ0n) is 77.0. The Hall–Kier alpha value is -4.99. The van der Waals surface area contributed by atoms with Gasteiger partial charge in [-0.1, -0.05) is 175 Å². The highest BCUT2D eigenvalue weighted by Crippen LogP contribution is 2.73. The molecule has 16 rings (SSSR count). The molecule has 29 atom stereocenters. The second-order valence-corrected chi connectivity index (χ2v) is 44.5. The third-order valence-electron chi connectivity index (χ3n) is 39.4. The monoisotopic (exact) mass is 1610 g/mol. The molecule has 10 heteroatoms. The minimum Gasteiger partial charge on any atom is -0.481 e. The van der Waals surface area contributed by atoms with Gasteiger partial charge in [-0.2, -0.15) is 0 Å². The molecule has 0 aliphatic heterocycles. The highest BCUT2D eigenvalue weighted by atomic mass is 16.5. The average Bonchev–Trinajstić information content (AvgIpc) is 1.70. The van der Waals surface area contributed by atoms with Crippen molar-refractivity contribution in [2.24, 2.45) is 174 Å². The van der Waals surface area contributed by atoms with Crippen LogP contribution in [-0.2, 0) is 38.3 Å². The number of carboxylic acid groups (broad SMARTS) is 2. The molecule has 0 aromatic carbocycles. The van der Waals surface area contributed by atoms with Gasteiger partial charge < -0.3 is 14.9 Å². The van der Waals surface area contributed by atoms with Gasteiger partial charge in [-0.15, -0.1) is 0 Å². The first-order valence-corrected chi connectivity index (χ1v) is 48.8. The van der Waals surface area contributed by atoms with Crippen LogP contribution in [0.15, 0.2) is 93.2 Å². The topological polar surface area (TPSA) is 169 Å².